The van der Waals surface area contributed by atoms with Crippen molar-refractivity contribution in [2.75, 3.05) is 26.1 Å². The first kappa shape index (κ1) is 17.0. The van der Waals surface area contributed by atoms with Gasteiger partial charge in [0.25, 0.3) is 0 Å². The molecular formula is C19H17ClN2O3. The van der Waals surface area contributed by atoms with Crippen molar-refractivity contribution in [1.29, 1.82) is 0 Å². The molecule has 0 N–H and O–H groups in total. The molecule has 25 heavy (non-hydrogen) atoms. The summed E-state index contributed by atoms with van der Waals surface area (Å²) in [5.41, 5.74) is 3.31. The van der Waals surface area contributed by atoms with E-state index in [1.165, 1.54) is 0 Å². The Morgan fingerprint density at radius 1 is 1.16 bits per heavy atom. The van der Waals surface area contributed by atoms with Crippen LogP contribution in [0.4, 0.5) is 5.69 Å². The summed E-state index contributed by atoms with van der Waals surface area (Å²) in [5, 5.41) is 4.43. The first-order valence-corrected chi connectivity index (χ1v) is 8.00. The van der Waals surface area contributed by atoms with Crippen LogP contribution in [0.5, 0.6) is 5.75 Å². The Bertz CT molecular complexity index is 871. The van der Waals surface area contributed by atoms with Gasteiger partial charge in [-0.15, -0.1) is 0 Å². The highest BCUT2D eigenvalue weighted by Crippen LogP contribution is 2.29. The van der Waals surface area contributed by atoms with Crippen LogP contribution >= 0.6 is 11.6 Å². The van der Waals surface area contributed by atoms with Crippen molar-refractivity contribution in [1.82, 2.24) is 0 Å². The second kappa shape index (κ2) is 6.99. The summed E-state index contributed by atoms with van der Waals surface area (Å²) in [5.74, 6) is 0.0593. The number of halogens is 1. The molecule has 0 atom stereocenters. The molecule has 0 radical (unpaired) electrons. The normalized spacial score (nSPS) is 15.1. The van der Waals surface area contributed by atoms with Crippen LogP contribution in [-0.2, 0) is 9.63 Å². The van der Waals surface area contributed by atoms with Gasteiger partial charge >= 0.3 is 5.97 Å². The van der Waals surface area contributed by atoms with Gasteiger partial charge in [-0.25, -0.2) is 4.79 Å². The number of ether oxygens (including phenoxy) is 1. The number of carbonyl (C=O) groups is 1. The fraction of sp³-hybridized carbons (Fsp3) is 0.158. The standard InChI is InChI=1S/C19H17ClN2O3/c1-22(2)14-7-4-12(5-8-14)10-16-18(21-25-19(16)23)15-11-13(20)6-9-17(15)24-3/h4-11H,1-3H3/b16-10-. The quantitative estimate of drug-likeness (QED) is 0.618. The molecule has 0 amide bonds. The first-order chi connectivity index (χ1) is 12.0. The van der Waals surface area contributed by atoms with E-state index in [2.05, 4.69) is 5.16 Å². The summed E-state index contributed by atoms with van der Waals surface area (Å²) in [6.07, 6.45) is 1.74. The minimum Gasteiger partial charge on any atom is -0.496 e. The highest BCUT2D eigenvalue weighted by molar-refractivity contribution is 6.34. The summed E-state index contributed by atoms with van der Waals surface area (Å²) < 4.78 is 5.35. The number of hydrogen-bond acceptors (Lipinski definition) is 5. The van der Waals surface area contributed by atoms with Crippen LogP contribution in [0.1, 0.15) is 11.1 Å². The molecule has 0 saturated heterocycles. The topological polar surface area (TPSA) is 51.1 Å². The van der Waals surface area contributed by atoms with Crippen LogP contribution in [0, 0.1) is 0 Å². The maximum Gasteiger partial charge on any atom is 0.368 e. The van der Waals surface area contributed by atoms with E-state index >= 15 is 0 Å². The van der Waals surface area contributed by atoms with Crippen molar-refractivity contribution in [2.45, 2.75) is 0 Å². The number of nitrogens with zero attached hydrogens (tertiary/aromatic N) is 2. The SMILES string of the molecule is COc1ccc(Cl)cc1C1=NOC(=O)/C1=C\c1ccc(N(C)C)cc1. The van der Waals surface area contributed by atoms with E-state index in [4.69, 9.17) is 21.2 Å². The van der Waals surface area contributed by atoms with Crippen molar-refractivity contribution in [3.8, 4) is 5.75 Å². The third-order valence-electron chi connectivity index (χ3n) is 3.83. The lowest BCUT2D eigenvalue weighted by molar-refractivity contribution is -0.136. The van der Waals surface area contributed by atoms with E-state index in [1.807, 2.05) is 43.3 Å². The molecule has 0 unspecified atom stereocenters. The molecular weight excluding hydrogens is 340 g/mol. The van der Waals surface area contributed by atoms with Gasteiger partial charge < -0.3 is 14.5 Å². The molecule has 1 heterocycles. The maximum atomic E-state index is 12.1. The lowest BCUT2D eigenvalue weighted by atomic mass is 9.99. The predicted molar refractivity (Wildman–Crippen MR) is 99.4 cm³/mol. The molecule has 6 heteroatoms. The second-order valence-corrected chi connectivity index (χ2v) is 6.14. The average Bonchev–Trinajstić information content (AvgIpc) is 2.96. The summed E-state index contributed by atoms with van der Waals surface area (Å²) in [4.78, 5) is 19.0. The molecule has 1 aliphatic rings. The minimum atomic E-state index is -0.506. The Balaban J connectivity index is 2.01. The lowest BCUT2D eigenvalue weighted by Crippen LogP contribution is -2.09. The number of rotatable bonds is 4. The first-order valence-electron chi connectivity index (χ1n) is 7.62. The monoisotopic (exact) mass is 356 g/mol. The van der Waals surface area contributed by atoms with Gasteiger partial charge in [-0.2, -0.15) is 0 Å². The Labute approximate surface area is 151 Å². The highest BCUT2D eigenvalue weighted by Gasteiger charge is 2.29. The highest BCUT2D eigenvalue weighted by atomic mass is 35.5. The Morgan fingerprint density at radius 3 is 2.52 bits per heavy atom. The van der Waals surface area contributed by atoms with Crippen LogP contribution in [0.2, 0.25) is 5.02 Å². The van der Waals surface area contributed by atoms with Gasteiger partial charge in [-0.3, -0.25) is 0 Å². The molecule has 128 valence electrons. The zero-order valence-electron chi connectivity index (χ0n) is 14.1. The Kier molecular flexibility index (Phi) is 4.76. The summed E-state index contributed by atoms with van der Waals surface area (Å²) >= 11 is 6.08. The largest absolute Gasteiger partial charge is 0.496 e. The number of benzene rings is 2. The van der Waals surface area contributed by atoms with Crippen LogP contribution in [0.25, 0.3) is 6.08 Å². The van der Waals surface area contributed by atoms with E-state index in [1.54, 1.807) is 31.4 Å². The molecule has 0 spiro atoms. The smallest absolute Gasteiger partial charge is 0.368 e. The van der Waals surface area contributed by atoms with Gasteiger partial charge in [0, 0.05) is 30.4 Å². The van der Waals surface area contributed by atoms with Crippen molar-refractivity contribution in [3.63, 3.8) is 0 Å². The fourth-order valence-electron chi connectivity index (χ4n) is 2.50. The number of oxime groups is 1. The number of methoxy groups -OCH3 is 1. The molecule has 1 aliphatic heterocycles. The van der Waals surface area contributed by atoms with Gasteiger partial charge in [-0.1, -0.05) is 28.9 Å². The molecule has 0 saturated carbocycles. The van der Waals surface area contributed by atoms with Crippen LogP contribution in [0.15, 0.2) is 53.2 Å². The van der Waals surface area contributed by atoms with E-state index < -0.39 is 5.97 Å². The molecule has 0 aliphatic carbocycles. The van der Waals surface area contributed by atoms with E-state index in [9.17, 15) is 4.79 Å². The number of carbonyl (C=O) groups excluding carboxylic acids is 1. The zero-order valence-corrected chi connectivity index (χ0v) is 14.9. The predicted octanol–water partition coefficient (Wildman–Crippen LogP) is 3.76. The van der Waals surface area contributed by atoms with E-state index in [-0.39, 0.29) is 0 Å². The van der Waals surface area contributed by atoms with Gasteiger partial charge in [0.15, 0.2) is 0 Å². The second-order valence-electron chi connectivity index (χ2n) is 5.71. The van der Waals surface area contributed by atoms with Gasteiger partial charge in [-0.05, 0) is 42.0 Å². The average molecular weight is 357 g/mol. The third-order valence-corrected chi connectivity index (χ3v) is 4.07. The molecule has 3 rings (SSSR count). The third kappa shape index (κ3) is 3.51. The maximum absolute atomic E-state index is 12.1. The Morgan fingerprint density at radius 2 is 1.88 bits per heavy atom. The molecule has 5 nitrogen and oxygen atoms in total. The molecule has 2 aromatic rings. The Hall–Kier alpha value is -2.79. The van der Waals surface area contributed by atoms with E-state index in [0.29, 0.717) is 27.6 Å². The van der Waals surface area contributed by atoms with Crippen LogP contribution in [-0.4, -0.2) is 32.9 Å². The summed E-state index contributed by atoms with van der Waals surface area (Å²) in [7, 11) is 5.49. The number of anilines is 1. The minimum absolute atomic E-state index is 0.359. The van der Waals surface area contributed by atoms with Gasteiger partial charge in [0.1, 0.15) is 11.5 Å². The van der Waals surface area contributed by atoms with Gasteiger partial charge in [0.05, 0.1) is 12.7 Å². The lowest BCUT2D eigenvalue weighted by Gasteiger charge is -2.12. The zero-order chi connectivity index (χ0) is 18.0. The van der Waals surface area contributed by atoms with Crippen molar-refractivity contribution >= 4 is 35.0 Å². The van der Waals surface area contributed by atoms with Crippen molar-refractivity contribution in [3.05, 3.63) is 64.2 Å². The molecule has 0 fully saturated rings. The van der Waals surface area contributed by atoms with E-state index in [0.717, 1.165) is 11.3 Å². The molecule has 0 bridgehead atoms. The number of hydrogen-bond donors (Lipinski definition) is 0. The van der Waals surface area contributed by atoms with Crippen LogP contribution in [0.3, 0.4) is 0 Å². The summed E-state index contributed by atoms with van der Waals surface area (Å²) in [6.45, 7) is 0. The van der Waals surface area contributed by atoms with Crippen molar-refractivity contribution < 1.29 is 14.4 Å². The van der Waals surface area contributed by atoms with Crippen LogP contribution < -0.4 is 9.64 Å². The molecule has 0 aromatic heterocycles. The fourth-order valence-corrected chi connectivity index (χ4v) is 2.68. The van der Waals surface area contributed by atoms with Crippen molar-refractivity contribution in [2.24, 2.45) is 5.16 Å². The molecule has 2 aromatic carbocycles. The summed E-state index contributed by atoms with van der Waals surface area (Å²) in [6, 6.07) is 13.0. The van der Waals surface area contributed by atoms with Gasteiger partial charge in [0.2, 0.25) is 0 Å².